The van der Waals surface area contributed by atoms with Gasteiger partial charge in [0.1, 0.15) is 5.75 Å². The highest BCUT2D eigenvalue weighted by atomic mass is 16.5. The van der Waals surface area contributed by atoms with Crippen molar-refractivity contribution in [1.82, 2.24) is 4.98 Å². The van der Waals surface area contributed by atoms with Gasteiger partial charge in [0.15, 0.2) is 0 Å². The Balaban J connectivity index is 2.64. The zero-order chi connectivity index (χ0) is 9.68. The SMILES string of the molecule is CCOc1ccc(CC(=O)O)nc1. The van der Waals surface area contributed by atoms with E-state index in [1.807, 2.05) is 6.92 Å². The Hall–Kier alpha value is -1.58. The molecule has 0 aliphatic rings. The fraction of sp³-hybridized carbons (Fsp3) is 0.333. The molecule has 0 saturated heterocycles. The molecule has 0 radical (unpaired) electrons. The van der Waals surface area contributed by atoms with Gasteiger partial charge in [-0.1, -0.05) is 0 Å². The molecule has 0 amide bonds. The van der Waals surface area contributed by atoms with Crippen LogP contribution >= 0.6 is 0 Å². The van der Waals surface area contributed by atoms with E-state index in [-0.39, 0.29) is 6.42 Å². The number of hydrogen-bond acceptors (Lipinski definition) is 3. The molecule has 1 aromatic rings. The van der Waals surface area contributed by atoms with Crippen LogP contribution in [-0.4, -0.2) is 22.7 Å². The highest BCUT2D eigenvalue weighted by Gasteiger charge is 2.01. The first kappa shape index (κ1) is 9.51. The highest BCUT2D eigenvalue weighted by Crippen LogP contribution is 2.08. The van der Waals surface area contributed by atoms with Crippen LogP contribution in [0.2, 0.25) is 0 Å². The maximum Gasteiger partial charge on any atom is 0.309 e. The van der Waals surface area contributed by atoms with Gasteiger partial charge in [-0.15, -0.1) is 0 Å². The third kappa shape index (κ3) is 3.11. The average molecular weight is 181 g/mol. The van der Waals surface area contributed by atoms with Crippen molar-refractivity contribution < 1.29 is 14.6 Å². The lowest BCUT2D eigenvalue weighted by Gasteiger charge is -2.02. The topological polar surface area (TPSA) is 59.4 Å². The van der Waals surface area contributed by atoms with Crippen molar-refractivity contribution in [2.24, 2.45) is 0 Å². The number of pyridine rings is 1. The summed E-state index contributed by atoms with van der Waals surface area (Å²) in [5.41, 5.74) is 0.538. The first-order chi connectivity index (χ1) is 6.22. The van der Waals surface area contributed by atoms with E-state index in [2.05, 4.69) is 4.98 Å². The molecule has 1 heterocycles. The van der Waals surface area contributed by atoms with Crippen LogP contribution in [0.4, 0.5) is 0 Å². The molecule has 70 valence electrons. The van der Waals surface area contributed by atoms with E-state index in [1.165, 1.54) is 6.20 Å². The molecule has 0 fully saturated rings. The molecule has 0 aliphatic heterocycles. The first-order valence-electron chi connectivity index (χ1n) is 4.02. The third-order valence-electron chi connectivity index (χ3n) is 1.44. The van der Waals surface area contributed by atoms with Gasteiger partial charge in [-0.05, 0) is 19.1 Å². The third-order valence-corrected chi connectivity index (χ3v) is 1.44. The van der Waals surface area contributed by atoms with Gasteiger partial charge in [-0.3, -0.25) is 9.78 Å². The maximum absolute atomic E-state index is 10.3. The molecule has 0 spiro atoms. The van der Waals surface area contributed by atoms with Gasteiger partial charge in [0.05, 0.1) is 24.9 Å². The molecule has 0 saturated carbocycles. The van der Waals surface area contributed by atoms with Crippen molar-refractivity contribution in [2.75, 3.05) is 6.61 Å². The molecule has 1 rings (SSSR count). The van der Waals surface area contributed by atoms with Crippen molar-refractivity contribution in [3.8, 4) is 5.75 Å². The van der Waals surface area contributed by atoms with Crippen LogP contribution in [0.15, 0.2) is 18.3 Å². The number of ether oxygens (including phenoxy) is 1. The molecule has 1 N–H and O–H groups in total. The van der Waals surface area contributed by atoms with Crippen LogP contribution in [-0.2, 0) is 11.2 Å². The Labute approximate surface area is 76.2 Å². The minimum absolute atomic E-state index is 0.0492. The van der Waals surface area contributed by atoms with Crippen molar-refractivity contribution >= 4 is 5.97 Å². The Morgan fingerprint density at radius 3 is 2.85 bits per heavy atom. The van der Waals surface area contributed by atoms with Crippen molar-refractivity contribution in [1.29, 1.82) is 0 Å². The number of rotatable bonds is 4. The largest absolute Gasteiger partial charge is 0.492 e. The molecule has 0 aliphatic carbocycles. The highest BCUT2D eigenvalue weighted by molar-refractivity contribution is 5.69. The molecule has 0 bridgehead atoms. The Bertz CT molecular complexity index is 281. The lowest BCUT2D eigenvalue weighted by Crippen LogP contribution is -2.02. The summed E-state index contributed by atoms with van der Waals surface area (Å²) >= 11 is 0. The van der Waals surface area contributed by atoms with Gasteiger partial charge in [-0.25, -0.2) is 0 Å². The number of carbonyl (C=O) groups is 1. The molecular formula is C9H11NO3. The number of hydrogen-bond donors (Lipinski definition) is 1. The Morgan fingerprint density at radius 2 is 2.38 bits per heavy atom. The summed E-state index contributed by atoms with van der Waals surface area (Å²) < 4.78 is 5.16. The molecule has 13 heavy (non-hydrogen) atoms. The van der Waals surface area contributed by atoms with Gasteiger partial charge >= 0.3 is 5.97 Å². The molecule has 0 atom stereocenters. The van der Waals surface area contributed by atoms with Gasteiger partial charge in [0.2, 0.25) is 0 Å². The summed E-state index contributed by atoms with van der Waals surface area (Å²) in [6.45, 7) is 2.46. The standard InChI is InChI=1S/C9H11NO3/c1-2-13-8-4-3-7(10-6-8)5-9(11)12/h3-4,6H,2,5H2,1H3,(H,11,12). The summed E-state index contributed by atoms with van der Waals surface area (Å²) in [7, 11) is 0. The number of carboxylic acid groups (broad SMARTS) is 1. The van der Waals surface area contributed by atoms with E-state index in [9.17, 15) is 4.79 Å². The van der Waals surface area contributed by atoms with Crippen LogP contribution in [0.3, 0.4) is 0 Å². The maximum atomic E-state index is 10.3. The zero-order valence-corrected chi connectivity index (χ0v) is 7.36. The fourth-order valence-corrected chi connectivity index (χ4v) is 0.922. The normalized spacial score (nSPS) is 9.62. The number of carboxylic acids is 1. The van der Waals surface area contributed by atoms with E-state index in [0.29, 0.717) is 18.1 Å². The summed E-state index contributed by atoms with van der Waals surface area (Å²) in [5.74, 6) is -0.215. The molecule has 4 nitrogen and oxygen atoms in total. The smallest absolute Gasteiger partial charge is 0.309 e. The average Bonchev–Trinajstić information content (AvgIpc) is 2.08. The van der Waals surface area contributed by atoms with E-state index >= 15 is 0 Å². The molecule has 1 aromatic heterocycles. The van der Waals surface area contributed by atoms with Crippen molar-refractivity contribution in [2.45, 2.75) is 13.3 Å². The molecular weight excluding hydrogens is 170 g/mol. The summed E-state index contributed by atoms with van der Waals surface area (Å²) in [6, 6.07) is 3.37. The Kier molecular flexibility index (Phi) is 3.25. The molecule has 4 heteroatoms. The van der Waals surface area contributed by atoms with E-state index in [4.69, 9.17) is 9.84 Å². The number of nitrogens with zero attached hydrogens (tertiary/aromatic N) is 1. The summed E-state index contributed by atoms with van der Waals surface area (Å²) in [5, 5.41) is 8.47. The van der Waals surface area contributed by atoms with Gasteiger partial charge in [0, 0.05) is 0 Å². The second-order valence-electron chi connectivity index (χ2n) is 2.49. The number of aliphatic carboxylic acids is 1. The van der Waals surface area contributed by atoms with E-state index in [1.54, 1.807) is 12.1 Å². The first-order valence-corrected chi connectivity index (χ1v) is 4.02. The van der Waals surface area contributed by atoms with Crippen molar-refractivity contribution in [3.05, 3.63) is 24.0 Å². The van der Waals surface area contributed by atoms with E-state index < -0.39 is 5.97 Å². The minimum Gasteiger partial charge on any atom is -0.492 e. The van der Waals surface area contributed by atoms with Crippen LogP contribution in [0.1, 0.15) is 12.6 Å². The van der Waals surface area contributed by atoms with Gasteiger partial charge < -0.3 is 9.84 Å². The predicted octanol–water partition coefficient (Wildman–Crippen LogP) is 1.11. The summed E-state index contributed by atoms with van der Waals surface area (Å²) in [6.07, 6.45) is 1.48. The fourth-order valence-electron chi connectivity index (χ4n) is 0.922. The monoisotopic (exact) mass is 181 g/mol. The van der Waals surface area contributed by atoms with Crippen LogP contribution in [0.5, 0.6) is 5.75 Å². The Morgan fingerprint density at radius 1 is 1.62 bits per heavy atom. The van der Waals surface area contributed by atoms with E-state index in [0.717, 1.165) is 0 Å². The quantitative estimate of drug-likeness (QED) is 0.755. The lowest BCUT2D eigenvalue weighted by atomic mass is 10.3. The molecule has 0 unspecified atom stereocenters. The second-order valence-corrected chi connectivity index (χ2v) is 2.49. The van der Waals surface area contributed by atoms with Crippen LogP contribution in [0, 0.1) is 0 Å². The molecule has 0 aromatic carbocycles. The zero-order valence-electron chi connectivity index (χ0n) is 7.36. The number of aromatic nitrogens is 1. The van der Waals surface area contributed by atoms with Gasteiger partial charge in [0.25, 0.3) is 0 Å². The second kappa shape index (κ2) is 4.45. The lowest BCUT2D eigenvalue weighted by molar-refractivity contribution is -0.136. The van der Waals surface area contributed by atoms with Crippen molar-refractivity contribution in [3.63, 3.8) is 0 Å². The van der Waals surface area contributed by atoms with Crippen LogP contribution in [0.25, 0.3) is 0 Å². The minimum atomic E-state index is -0.878. The summed E-state index contributed by atoms with van der Waals surface area (Å²) in [4.78, 5) is 14.2. The van der Waals surface area contributed by atoms with Gasteiger partial charge in [-0.2, -0.15) is 0 Å². The predicted molar refractivity (Wildman–Crippen MR) is 46.7 cm³/mol. The van der Waals surface area contributed by atoms with Crippen LogP contribution < -0.4 is 4.74 Å².